The second-order valence-electron chi connectivity index (χ2n) is 6.09. The third kappa shape index (κ3) is 4.63. The molecule has 1 aromatic carbocycles. The molecule has 3 rings (SSSR count). The zero-order valence-electron chi connectivity index (χ0n) is 14.3. The number of amides is 1. The van der Waals surface area contributed by atoms with Gasteiger partial charge in [-0.15, -0.1) is 11.3 Å². The molecular weight excluding hydrogens is 372 g/mol. The summed E-state index contributed by atoms with van der Waals surface area (Å²) in [6.07, 6.45) is 1.38. The molecule has 2 aromatic rings. The third-order valence-corrected chi connectivity index (χ3v) is 7.50. The quantitative estimate of drug-likeness (QED) is 0.732. The van der Waals surface area contributed by atoms with E-state index in [1.54, 1.807) is 17.5 Å². The van der Waals surface area contributed by atoms with Gasteiger partial charge in [0, 0.05) is 13.1 Å². The average molecular weight is 395 g/mol. The first-order valence-electron chi connectivity index (χ1n) is 8.56. The number of para-hydroxylation sites is 1. The second-order valence-corrected chi connectivity index (χ2v) is 9.20. The maximum absolute atomic E-state index is 12.6. The molecule has 1 aromatic heterocycles. The zero-order chi connectivity index (χ0) is 18.4. The SMILES string of the molecule is O=C(NCCOc1ccccc1)C1CCCN(S(=O)(=O)c2cccs2)C1. The second kappa shape index (κ2) is 8.66. The highest BCUT2D eigenvalue weighted by Crippen LogP contribution is 2.26. The van der Waals surface area contributed by atoms with Crippen LogP contribution in [-0.4, -0.2) is 44.9 Å². The predicted molar refractivity (Wildman–Crippen MR) is 101 cm³/mol. The number of benzene rings is 1. The number of carbonyl (C=O) groups excluding carboxylic acids is 1. The highest BCUT2D eigenvalue weighted by molar-refractivity contribution is 7.91. The van der Waals surface area contributed by atoms with E-state index < -0.39 is 10.0 Å². The zero-order valence-corrected chi connectivity index (χ0v) is 16.0. The molecule has 0 aliphatic carbocycles. The lowest BCUT2D eigenvalue weighted by Gasteiger charge is -2.30. The number of thiophene rings is 1. The first-order valence-corrected chi connectivity index (χ1v) is 10.9. The van der Waals surface area contributed by atoms with Gasteiger partial charge in [-0.2, -0.15) is 4.31 Å². The number of carbonyl (C=O) groups is 1. The minimum absolute atomic E-state index is 0.118. The van der Waals surface area contributed by atoms with Crippen molar-refractivity contribution in [3.8, 4) is 5.75 Å². The van der Waals surface area contributed by atoms with Crippen molar-refractivity contribution in [2.45, 2.75) is 17.1 Å². The molecule has 1 unspecified atom stereocenters. The Morgan fingerprint density at radius 3 is 2.77 bits per heavy atom. The van der Waals surface area contributed by atoms with Gasteiger partial charge >= 0.3 is 0 Å². The average Bonchev–Trinajstić information content (AvgIpc) is 3.22. The molecule has 1 amide bonds. The number of nitrogens with one attached hydrogen (secondary N) is 1. The summed E-state index contributed by atoms with van der Waals surface area (Å²) in [5.41, 5.74) is 0. The molecule has 1 aliphatic rings. The molecular formula is C18H22N2O4S2. The van der Waals surface area contributed by atoms with Crippen LogP contribution in [0, 0.1) is 5.92 Å². The molecule has 0 radical (unpaired) electrons. The fourth-order valence-corrected chi connectivity index (χ4v) is 5.58. The van der Waals surface area contributed by atoms with Crippen molar-refractivity contribution in [1.29, 1.82) is 0 Å². The molecule has 8 heteroatoms. The summed E-state index contributed by atoms with van der Waals surface area (Å²) in [4.78, 5) is 12.4. The smallest absolute Gasteiger partial charge is 0.252 e. The lowest BCUT2D eigenvalue weighted by atomic mass is 9.99. The lowest BCUT2D eigenvalue weighted by Crippen LogP contribution is -2.45. The van der Waals surface area contributed by atoms with Crippen molar-refractivity contribution >= 4 is 27.3 Å². The monoisotopic (exact) mass is 394 g/mol. The summed E-state index contributed by atoms with van der Waals surface area (Å²) in [6.45, 7) is 1.45. The molecule has 1 N–H and O–H groups in total. The van der Waals surface area contributed by atoms with Crippen molar-refractivity contribution in [1.82, 2.24) is 9.62 Å². The summed E-state index contributed by atoms with van der Waals surface area (Å²) in [6, 6.07) is 12.7. The normalized spacial score (nSPS) is 18.4. The van der Waals surface area contributed by atoms with Gasteiger partial charge in [-0.3, -0.25) is 4.79 Å². The van der Waals surface area contributed by atoms with E-state index in [9.17, 15) is 13.2 Å². The van der Waals surface area contributed by atoms with Crippen LogP contribution in [0.15, 0.2) is 52.1 Å². The van der Waals surface area contributed by atoms with Crippen molar-refractivity contribution < 1.29 is 17.9 Å². The number of ether oxygens (including phenoxy) is 1. The van der Waals surface area contributed by atoms with Crippen LogP contribution < -0.4 is 10.1 Å². The number of sulfonamides is 1. The number of piperidine rings is 1. The van der Waals surface area contributed by atoms with Crippen LogP contribution in [0.5, 0.6) is 5.75 Å². The van der Waals surface area contributed by atoms with Crippen LogP contribution >= 0.6 is 11.3 Å². The van der Waals surface area contributed by atoms with Crippen LogP contribution in [0.1, 0.15) is 12.8 Å². The van der Waals surface area contributed by atoms with Crippen LogP contribution in [0.3, 0.4) is 0 Å². The molecule has 2 heterocycles. The van der Waals surface area contributed by atoms with Gasteiger partial charge in [0.05, 0.1) is 12.5 Å². The number of rotatable bonds is 7. The summed E-state index contributed by atoms with van der Waals surface area (Å²) in [7, 11) is -3.50. The van der Waals surface area contributed by atoms with E-state index in [0.717, 1.165) is 5.75 Å². The van der Waals surface area contributed by atoms with Gasteiger partial charge in [-0.05, 0) is 36.4 Å². The fourth-order valence-electron chi connectivity index (χ4n) is 2.92. The summed E-state index contributed by atoms with van der Waals surface area (Å²) >= 11 is 1.20. The highest BCUT2D eigenvalue weighted by Gasteiger charge is 2.33. The van der Waals surface area contributed by atoms with Crippen molar-refractivity contribution in [2.24, 2.45) is 5.92 Å². The largest absolute Gasteiger partial charge is 0.492 e. The molecule has 0 bridgehead atoms. The van der Waals surface area contributed by atoms with E-state index in [-0.39, 0.29) is 18.4 Å². The molecule has 26 heavy (non-hydrogen) atoms. The lowest BCUT2D eigenvalue weighted by molar-refractivity contribution is -0.126. The Balaban J connectivity index is 1.49. The predicted octanol–water partition coefficient (Wildman–Crippen LogP) is 2.34. The van der Waals surface area contributed by atoms with Crippen molar-refractivity contribution in [2.75, 3.05) is 26.2 Å². The molecule has 1 atom stereocenters. The molecule has 1 fully saturated rings. The van der Waals surface area contributed by atoms with E-state index in [4.69, 9.17) is 4.74 Å². The van der Waals surface area contributed by atoms with E-state index in [1.165, 1.54) is 15.6 Å². The topological polar surface area (TPSA) is 75.7 Å². The maximum atomic E-state index is 12.6. The molecule has 1 aliphatic heterocycles. The van der Waals surface area contributed by atoms with E-state index in [1.807, 2.05) is 30.3 Å². The van der Waals surface area contributed by atoms with Gasteiger partial charge in [0.15, 0.2) is 0 Å². The van der Waals surface area contributed by atoms with Crippen LogP contribution in [0.4, 0.5) is 0 Å². The maximum Gasteiger partial charge on any atom is 0.252 e. The minimum Gasteiger partial charge on any atom is -0.492 e. The molecule has 6 nitrogen and oxygen atoms in total. The first-order chi connectivity index (χ1) is 12.6. The number of hydrogen-bond acceptors (Lipinski definition) is 5. The van der Waals surface area contributed by atoms with Gasteiger partial charge in [0.2, 0.25) is 5.91 Å². The van der Waals surface area contributed by atoms with Gasteiger partial charge in [-0.1, -0.05) is 24.3 Å². The van der Waals surface area contributed by atoms with Gasteiger partial charge in [-0.25, -0.2) is 8.42 Å². The first kappa shape index (κ1) is 18.9. The Morgan fingerprint density at radius 1 is 1.23 bits per heavy atom. The van der Waals surface area contributed by atoms with Crippen molar-refractivity contribution in [3.63, 3.8) is 0 Å². The van der Waals surface area contributed by atoms with Gasteiger partial charge in [0.1, 0.15) is 16.6 Å². The Bertz CT molecular complexity index is 807. The minimum atomic E-state index is -3.50. The Hall–Kier alpha value is -1.90. The van der Waals surface area contributed by atoms with Crippen molar-refractivity contribution in [3.05, 3.63) is 47.8 Å². The van der Waals surface area contributed by atoms with Crippen LogP contribution in [-0.2, 0) is 14.8 Å². The van der Waals surface area contributed by atoms with Gasteiger partial charge < -0.3 is 10.1 Å². The summed E-state index contributed by atoms with van der Waals surface area (Å²) < 4.78 is 32.5. The Morgan fingerprint density at radius 2 is 2.04 bits per heavy atom. The van der Waals surface area contributed by atoms with Crippen LogP contribution in [0.25, 0.3) is 0 Å². The summed E-state index contributed by atoms with van der Waals surface area (Å²) in [5.74, 6) is 0.315. The molecule has 0 spiro atoms. The summed E-state index contributed by atoms with van der Waals surface area (Å²) in [5, 5.41) is 4.59. The number of nitrogens with zero attached hydrogens (tertiary/aromatic N) is 1. The standard InChI is InChI=1S/C18H22N2O4S2/c21-18(19-10-12-24-16-7-2-1-3-8-16)15-6-4-11-20(14-15)26(22,23)17-9-5-13-25-17/h1-3,5,7-9,13,15H,4,6,10-12,14H2,(H,19,21). The highest BCUT2D eigenvalue weighted by atomic mass is 32.2. The molecule has 140 valence electrons. The third-order valence-electron chi connectivity index (χ3n) is 4.26. The van der Waals surface area contributed by atoms with Gasteiger partial charge in [0.25, 0.3) is 10.0 Å². The van der Waals surface area contributed by atoms with E-state index in [0.29, 0.717) is 36.7 Å². The Labute approximate surface area is 157 Å². The van der Waals surface area contributed by atoms with Crippen LogP contribution in [0.2, 0.25) is 0 Å². The Kier molecular flexibility index (Phi) is 6.29. The number of hydrogen-bond donors (Lipinski definition) is 1. The molecule has 0 saturated carbocycles. The van der Waals surface area contributed by atoms with E-state index in [2.05, 4.69) is 5.32 Å². The fraction of sp³-hybridized carbons (Fsp3) is 0.389. The van der Waals surface area contributed by atoms with E-state index >= 15 is 0 Å². The molecule has 1 saturated heterocycles.